The summed E-state index contributed by atoms with van der Waals surface area (Å²) in [7, 11) is 0. The van der Waals surface area contributed by atoms with Gasteiger partial charge in [-0.25, -0.2) is 9.18 Å². The van der Waals surface area contributed by atoms with Crippen molar-refractivity contribution in [1.29, 1.82) is 0 Å². The zero-order chi connectivity index (χ0) is 17.5. The van der Waals surface area contributed by atoms with Crippen LogP contribution in [0.2, 0.25) is 0 Å². The molecule has 1 aliphatic carbocycles. The van der Waals surface area contributed by atoms with Crippen molar-refractivity contribution in [1.82, 2.24) is 10.6 Å². The Morgan fingerprint density at radius 2 is 1.76 bits per heavy atom. The minimum atomic E-state index is -0.252. The molecule has 132 valence electrons. The normalized spacial score (nSPS) is 12.5. The third-order valence-corrected chi connectivity index (χ3v) is 4.34. The SMILES string of the molecule is O=C(NCCOc1ccc2c(c1)CCC2)NCCc1ccc(F)cc1. The molecular formula is C20H23FN2O2. The molecule has 5 heteroatoms. The van der Waals surface area contributed by atoms with Crippen molar-refractivity contribution in [2.45, 2.75) is 25.7 Å². The highest BCUT2D eigenvalue weighted by atomic mass is 19.1. The topological polar surface area (TPSA) is 50.4 Å². The van der Waals surface area contributed by atoms with Crippen molar-refractivity contribution in [2.24, 2.45) is 0 Å². The van der Waals surface area contributed by atoms with Crippen LogP contribution in [0.15, 0.2) is 42.5 Å². The molecule has 0 saturated heterocycles. The van der Waals surface area contributed by atoms with Crippen molar-refractivity contribution in [3.8, 4) is 5.75 Å². The molecule has 0 atom stereocenters. The molecule has 0 saturated carbocycles. The van der Waals surface area contributed by atoms with E-state index in [1.807, 2.05) is 6.07 Å². The number of ether oxygens (including phenoxy) is 1. The first kappa shape index (κ1) is 17.3. The number of amides is 2. The number of nitrogens with one attached hydrogen (secondary N) is 2. The van der Waals surface area contributed by atoms with Crippen LogP contribution >= 0.6 is 0 Å². The van der Waals surface area contributed by atoms with E-state index in [1.54, 1.807) is 12.1 Å². The molecule has 0 radical (unpaired) electrons. The summed E-state index contributed by atoms with van der Waals surface area (Å²) in [4.78, 5) is 11.7. The average Bonchev–Trinajstić information content (AvgIpc) is 3.08. The molecule has 3 rings (SSSR count). The fraction of sp³-hybridized carbons (Fsp3) is 0.350. The summed E-state index contributed by atoms with van der Waals surface area (Å²) in [6, 6.07) is 12.3. The third-order valence-electron chi connectivity index (χ3n) is 4.34. The Bertz CT molecular complexity index is 716. The van der Waals surface area contributed by atoms with E-state index in [4.69, 9.17) is 4.74 Å². The highest BCUT2D eigenvalue weighted by Gasteiger charge is 2.11. The van der Waals surface area contributed by atoms with E-state index in [2.05, 4.69) is 22.8 Å². The zero-order valence-electron chi connectivity index (χ0n) is 14.2. The number of benzene rings is 2. The van der Waals surface area contributed by atoms with E-state index in [0.717, 1.165) is 24.2 Å². The Balaban J connectivity index is 1.29. The summed E-state index contributed by atoms with van der Waals surface area (Å²) < 4.78 is 18.5. The first-order valence-electron chi connectivity index (χ1n) is 8.71. The van der Waals surface area contributed by atoms with E-state index in [1.165, 1.54) is 29.7 Å². The van der Waals surface area contributed by atoms with E-state index < -0.39 is 0 Å². The summed E-state index contributed by atoms with van der Waals surface area (Å²) in [6.45, 7) is 1.38. The predicted molar refractivity (Wildman–Crippen MR) is 95.5 cm³/mol. The van der Waals surface area contributed by atoms with Crippen molar-refractivity contribution < 1.29 is 13.9 Å². The second-order valence-corrected chi connectivity index (χ2v) is 6.19. The van der Waals surface area contributed by atoms with Crippen LogP contribution in [0.4, 0.5) is 9.18 Å². The van der Waals surface area contributed by atoms with Gasteiger partial charge in [0.05, 0.1) is 6.54 Å². The van der Waals surface area contributed by atoms with Gasteiger partial charge in [0.15, 0.2) is 0 Å². The van der Waals surface area contributed by atoms with Crippen LogP contribution in [0.5, 0.6) is 5.75 Å². The monoisotopic (exact) mass is 342 g/mol. The van der Waals surface area contributed by atoms with Gasteiger partial charge in [-0.3, -0.25) is 0 Å². The molecule has 2 aromatic carbocycles. The lowest BCUT2D eigenvalue weighted by atomic mass is 10.1. The molecule has 0 unspecified atom stereocenters. The second kappa shape index (κ2) is 8.51. The van der Waals surface area contributed by atoms with Crippen molar-refractivity contribution >= 4 is 6.03 Å². The van der Waals surface area contributed by atoms with Crippen LogP contribution in [-0.2, 0) is 19.3 Å². The van der Waals surface area contributed by atoms with Gasteiger partial charge in [0.2, 0.25) is 0 Å². The highest BCUT2D eigenvalue weighted by Crippen LogP contribution is 2.25. The molecule has 0 bridgehead atoms. The minimum absolute atomic E-state index is 0.223. The number of carbonyl (C=O) groups is 1. The predicted octanol–water partition coefficient (Wildman–Crippen LogP) is 3.24. The van der Waals surface area contributed by atoms with Crippen LogP contribution in [0, 0.1) is 5.82 Å². The van der Waals surface area contributed by atoms with Crippen LogP contribution in [0.1, 0.15) is 23.1 Å². The van der Waals surface area contributed by atoms with Crippen molar-refractivity contribution in [3.63, 3.8) is 0 Å². The first-order valence-corrected chi connectivity index (χ1v) is 8.71. The van der Waals surface area contributed by atoms with Gasteiger partial charge in [-0.15, -0.1) is 0 Å². The quantitative estimate of drug-likeness (QED) is 0.759. The lowest BCUT2D eigenvalue weighted by Crippen LogP contribution is -2.38. The van der Waals surface area contributed by atoms with E-state index >= 15 is 0 Å². The molecule has 1 aliphatic rings. The Morgan fingerprint density at radius 3 is 2.60 bits per heavy atom. The molecule has 0 fully saturated rings. The maximum atomic E-state index is 12.8. The number of halogens is 1. The van der Waals surface area contributed by atoms with Crippen LogP contribution in [0.3, 0.4) is 0 Å². The smallest absolute Gasteiger partial charge is 0.314 e. The van der Waals surface area contributed by atoms with Gasteiger partial charge < -0.3 is 15.4 Å². The largest absolute Gasteiger partial charge is 0.492 e. The van der Waals surface area contributed by atoms with Crippen molar-refractivity contribution in [2.75, 3.05) is 19.7 Å². The van der Waals surface area contributed by atoms with Gasteiger partial charge in [0, 0.05) is 6.54 Å². The number of fused-ring (bicyclic) bond motifs is 1. The first-order chi connectivity index (χ1) is 12.2. The van der Waals surface area contributed by atoms with Gasteiger partial charge in [-0.05, 0) is 66.6 Å². The maximum absolute atomic E-state index is 12.8. The van der Waals surface area contributed by atoms with Crippen molar-refractivity contribution in [3.05, 3.63) is 65.0 Å². The number of rotatable bonds is 7. The van der Waals surface area contributed by atoms with E-state index in [9.17, 15) is 9.18 Å². The summed E-state index contributed by atoms with van der Waals surface area (Å²) in [5.74, 6) is 0.608. The minimum Gasteiger partial charge on any atom is -0.492 e. The molecule has 2 aromatic rings. The Labute approximate surface area is 147 Å². The number of hydrogen-bond donors (Lipinski definition) is 2. The summed E-state index contributed by atoms with van der Waals surface area (Å²) >= 11 is 0. The average molecular weight is 342 g/mol. The van der Waals surface area contributed by atoms with Gasteiger partial charge in [0.1, 0.15) is 18.2 Å². The number of hydrogen-bond acceptors (Lipinski definition) is 2. The van der Waals surface area contributed by atoms with Crippen LogP contribution in [0.25, 0.3) is 0 Å². The van der Waals surface area contributed by atoms with Crippen LogP contribution < -0.4 is 15.4 Å². The lowest BCUT2D eigenvalue weighted by molar-refractivity contribution is 0.236. The Hall–Kier alpha value is -2.56. The Morgan fingerprint density at radius 1 is 1.00 bits per heavy atom. The summed E-state index contributed by atoms with van der Waals surface area (Å²) in [6.07, 6.45) is 4.17. The standard InChI is InChI=1S/C20H23FN2O2/c21-18-7-4-15(5-8-18)10-11-22-20(24)23-12-13-25-19-9-6-16-2-1-3-17(16)14-19/h4-9,14H,1-3,10-13H2,(H2,22,23,24). The molecule has 0 heterocycles. The van der Waals surface area contributed by atoms with Gasteiger partial charge in [-0.2, -0.15) is 0 Å². The Kier molecular flexibility index (Phi) is 5.88. The summed E-state index contributed by atoms with van der Waals surface area (Å²) in [5.41, 5.74) is 3.79. The lowest BCUT2D eigenvalue weighted by Gasteiger charge is -2.10. The molecule has 0 aromatic heterocycles. The number of aryl methyl sites for hydroxylation is 2. The molecule has 25 heavy (non-hydrogen) atoms. The molecule has 4 nitrogen and oxygen atoms in total. The van der Waals surface area contributed by atoms with Gasteiger partial charge in [0.25, 0.3) is 0 Å². The molecule has 0 spiro atoms. The van der Waals surface area contributed by atoms with E-state index in [-0.39, 0.29) is 11.8 Å². The number of carbonyl (C=O) groups excluding carboxylic acids is 1. The molecule has 2 amide bonds. The van der Waals surface area contributed by atoms with Gasteiger partial charge in [-0.1, -0.05) is 18.2 Å². The molecule has 0 aliphatic heterocycles. The molecule has 2 N–H and O–H groups in total. The maximum Gasteiger partial charge on any atom is 0.314 e. The summed E-state index contributed by atoms with van der Waals surface area (Å²) in [5, 5.41) is 5.54. The van der Waals surface area contributed by atoms with E-state index in [0.29, 0.717) is 26.1 Å². The highest BCUT2D eigenvalue weighted by molar-refractivity contribution is 5.73. The van der Waals surface area contributed by atoms with Crippen LogP contribution in [-0.4, -0.2) is 25.7 Å². The second-order valence-electron chi connectivity index (χ2n) is 6.19. The molecular weight excluding hydrogens is 319 g/mol. The van der Waals surface area contributed by atoms with Gasteiger partial charge >= 0.3 is 6.03 Å². The zero-order valence-corrected chi connectivity index (χ0v) is 14.2. The number of urea groups is 1. The fourth-order valence-electron chi connectivity index (χ4n) is 3.01. The fourth-order valence-corrected chi connectivity index (χ4v) is 3.01. The third kappa shape index (κ3) is 5.21.